The first-order valence-corrected chi connectivity index (χ1v) is 4.74. The van der Waals surface area contributed by atoms with Gasteiger partial charge in [-0.2, -0.15) is 0 Å². The highest BCUT2D eigenvalue weighted by atomic mass is 14.8. The van der Waals surface area contributed by atoms with Crippen LogP contribution in [0.3, 0.4) is 0 Å². The van der Waals surface area contributed by atoms with Crippen molar-refractivity contribution in [3.05, 3.63) is 0 Å². The minimum atomic E-state index is 0.442. The Hall–Kier alpha value is -0.0400. The molecule has 0 heterocycles. The average Bonchev–Trinajstić information content (AvgIpc) is 2.20. The van der Waals surface area contributed by atoms with Crippen molar-refractivity contribution in [1.82, 2.24) is 0 Å². The van der Waals surface area contributed by atoms with Gasteiger partial charge in [0.1, 0.15) is 0 Å². The highest BCUT2D eigenvalue weighted by Crippen LogP contribution is 2.64. The molecule has 0 saturated heterocycles. The monoisotopic (exact) mass is 153 g/mol. The van der Waals surface area contributed by atoms with Crippen molar-refractivity contribution in [3.8, 4) is 0 Å². The number of nitrogens with two attached hydrogens (primary N) is 1. The van der Waals surface area contributed by atoms with Crippen LogP contribution in [0.5, 0.6) is 0 Å². The van der Waals surface area contributed by atoms with Gasteiger partial charge in [0, 0.05) is 6.04 Å². The van der Waals surface area contributed by atoms with Crippen molar-refractivity contribution in [3.63, 3.8) is 0 Å². The first-order chi connectivity index (χ1) is 4.98. The fourth-order valence-corrected chi connectivity index (χ4v) is 3.27. The van der Waals surface area contributed by atoms with Crippen molar-refractivity contribution in [2.45, 2.75) is 46.1 Å². The second-order valence-corrected chi connectivity index (χ2v) is 5.22. The van der Waals surface area contributed by atoms with E-state index in [1.54, 1.807) is 0 Å². The molecular weight excluding hydrogens is 134 g/mol. The maximum absolute atomic E-state index is 6.13. The van der Waals surface area contributed by atoms with Crippen LogP contribution in [-0.4, -0.2) is 6.04 Å². The molecule has 2 unspecified atom stereocenters. The lowest BCUT2D eigenvalue weighted by Gasteiger charge is -2.37. The normalized spacial score (nSPS) is 53.5. The van der Waals surface area contributed by atoms with Gasteiger partial charge in [-0.05, 0) is 36.0 Å². The molecule has 0 aromatic rings. The Morgan fingerprint density at radius 1 is 1.27 bits per heavy atom. The van der Waals surface area contributed by atoms with Gasteiger partial charge in [0.25, 0.3) is 0 Å². The van der Waals surface area contributed by atoms with Crippen LogP contribution in [-0.2, 0) is 0 Å². The second-order valence-electron chi connectivity index (χ2n) is 5.22. The maximum atomic E-state index is 6.13. The van der Waals surface area contributed by atoms with E-state index in [1.807, 2.05) is 0 Å². The Labute approximate surface area is 69.4 Å². The van der Waals surface area contributed by atoms with Crippen LogP contribution in [0.25, 0.3) is 0 Å². The summed E-state index contributed by atoms with van der Waals surface area (Å²) in [5.41, 5.74) is 7.08. The van der Waals surface area contributed by atoms with Gasteiger partial charge in [-0.25, -0.2) is 0 Å². The van der Waals surface area contributed by atoms with Crippen LogP contribution < -0.4 is 5.73 Å². The smallest absolute Gasteiger partial charge is 0.0101 e. The third-order valence-electron chi connectivity index (χ3n) is 4.86. The maximum Gasteiger partial charge on any atom is 0.0101 e. The largest absolute Gasteiger partial charge is 0.327 e. The minimum absolute atomic E-state index is 0.442. The van der Waals surface area contributed by atoms with Crippen LogP contribution in [0.4, 0.5) is 0 Å². The number of hydrogen-bond acceptors (Lipinski definition) is 1. The molecule has 2 rings (SSSR count). The third-order valence-corrected chi connectivity index (χ3v) is 4.86. The summed E-state index contributed by atoms with van der Waals surface area (Å²) >= 11 is 0. The van der Waals surface area contributed by atoms with Crippen molar-refractivity contribution >= 4 is 0 Å². The van der Waals surface area contributed by atoms with Crippen LogP contribution in [0.2, 0.25) is 0 Å². The summed E-state index contributed by atoms with van der Waals surface area (Å²) in [5.74, 6) is 0.905. The Morgan fingerprint density at radius 2 is 1.91 bits per heavy atom. The summed E-state index contributed by atoms with van der Waals surface area (Å²) < 4.78 is 0. The summed E-state index contributed by atoms with van der Waals surface area (Å²) in [6.07, 6.45) is 4.03. The lowest BCUT2D eigenvalue weighted by molar-refractivity contribution is 0.136. The SMILES string of the molecule is CC12CC[C@H](CC1N)C2(C)C. The predicted molar refractivity (Wildman–Crippen MR) is 47.2 cm³/mol. The predicted octanol–water partition coefficient (Wildman–Crippen LogP) is 2.16. The van der Waals surface area contributed by atoms with Gasteiger partial charge in [0.2, 0.25) is 0 Å². The summed E-state index contributed by atoms with van der Waals surface area (Å²) in [7, 11) is 0. The molecule has 0 aromatic carbocycles. The van der Waals surface area contributed by atoms with E-state index in [9.17, 15) is 0 Å². The van der Waals surface area contributed by atoms with Crippen molar-refractivity contribution < 1.29 is 0 Å². The molecule has 2 fully saturated rings. The van der Waals surface area contributed by atoms with Gasteiger partial charge in [0.05, 0.1) is 0 Å². The standard InChI is InChI=1S/C10H19N/c1-9(2)7-4-5-10(9,3)8(11)6-7/h7-8H,4-6,11H2,1-3H3/t7-,8?,10?/m1/s1. The molecule has 0 amide bonds. The fourth-order valence-electron chi connectivity index (χ4n) is 3.27. The Balaban J connectivity index is 2.40. The van der Waals surface area contributed by atoms with Crippen molar-refractivity contribution in [2.75, 3.05) is 0 Å². The molecule has 3 atom stereocenters. The molecule has 2 N–H and O–H groups in total. The molecule has 0 aromatic heterocycles. The lowest BCUT2D eigenvalue weighted by Crippen LogP contribution is -2.40. The number of fused-ring (bicyclic) bond motifs is 2. The van der Waals surface area contributed by atoms with E-state index in [0.717, 1.165) is 5.92 Å². The van der Waals surface area contributed by atoms with E-state index in [1.165, 1.54) is 19.3 Å². The molecule has 64 valence electrons. The highest BCUT2D eigenvalue weighted by Gasteiger charge is 2.59. The fraction of sp³-hybridized carbons (Fsp3) is 1.00. The molecule has 2 aliphatic carbocycles. The second kappa shape index (κ2) is 1.82. The molecular formula is C10H19N. The molecule has 1 nitrogen and oxygen atoms in total. The van der Waals surface area contributed by atoms with Gasteiger partial charge in [-0.3, -0.25) is 0 Å². The van der Waals surface area contributed by atoms with E-state index >= 15 is 0 Å². The third kappa shape index (κ3) is 0.658. The molecule has 0 radical (unpaired) electrons. The van der Waals surface area contributed by atoms with Crippen molar-refractivity contribution in [1.29, 1.82) is 0 Å². The molecule has 0 spiro atoms. The zero-order valence-electron chi connectivity index (χ0n) is 7.85. The average molecular weight is 153 g/mol. The summed E-state index contributed by atoms with van der Waals surface area (Å²) in [4.78, 5) is 0. The van der Waals surface area contributed by atoms with Gasteiger partial charge < -0.3 is 5.73 Å². The summed E-state index contributed by atoms with van der Waals surface area (Å²) in [6.45, 7) is 7.18. The van der Waals surface area contributed by atoms with E-state index in [-0.39, 0.29) is 0 Å². The Kier molecular flexibility index (Phi) is 1.26. The summed E-state index contributed by atoms with van der Waals surface area (Å²) in [6, 6.07) is 0.469. The topological polar surface area (TPSA) is 26.0 Å². The van der Waals surface area contributed by atoms with Gasteiger partial charge in [-0.1, -0.05) is 20.8 Å². The Bertz CT molecular complexity index is 185. The van der Waals surface area contributed by atoms with Gasteiger partial charge in [0.15, 0.2) is 0 Å². The van der Waals surface area contributed by atoms with Gasteiger partial charge >= 0.3 is 0 Å². The van der Waals surface area contributed by atoms with Crippen LogP contribution in [0.1, 0.15) is 40.0 Å². The quantitative estimate of drug-likeness (QED) is 0.567. The number of hydrogen-bond donors (Lipinski definition) is 1. The number of rotatable bonds is 0. The Morgan fingerprint density at radius 3 is 2.09 bits per heavy atom. The van der Waals surface area contributed by atoms with Crippen LogP contribution in [0.15, 0.2) is 0 Å². The van der Waals surface area contributed by atoms with E-state index < -0.39 is 0 Å². The molecule has 2 saturated carbocycles. The van der Waals surface area contributed by atoms with Crippen LogP contribution in [0, 0.1) is 16.7 Å². The lowest BCUT2D eigenvalue weighted by atomic mass is 9.69. The zero-order chi connectivity index (χ0) is 8.28. The van der Waals surface area contributed by atoms with E-state index in [2.05, 4.69) is 20.8 Å². The summed E-state index contributed by atoms with van der Waals surface area (Å²) in [5, 5.41) is 0. The molecule has 0 aliphatic heterocycles. The zero-order valence-corrected chi connectivity index (χ0v) is 7.85. The minimum Gasteiger partial charge on any atom is -0.327 e. The van der Waals surface area contributed by atoms with Crippen LogP contribution >= 0.6 is 0 Å². The first-order valence-electron chi connectivity index (χ1n) is 4.74. The van der Waals surface area contributed by atoms with E-state index in [0.29, 0.717) is 16.9 Å². The van der Waals surface area contributed by atoms with Crippen molar-refractivity contribution in [2.24, 2.45) is 22.5 Å². The molecule has 11 heavy (non-hydrogen) atoms. The molecule has 1 heteroatoms. The van der Waals surface area contributed by atoms with E-state index in [4.69, 9.17) is 5.73 Å². The van der Waals surface area contributed by atoms with Gasteiger partial charge in [-0.15, -0.1) is 0 Å². The first kappa shape index (κ1) is 7.60. The molecule has 2 bridgehead atoms. The molecule has 2 aliphatic rings. The highest BCUT2D eigenvalue weighted by molar-refractivity contribution is 5.11.